The van der Waals surface area contributed by atoms with Gasteiger partial charge < -0.3 is 42.1 Å². The second-order valence-electron chi connectivity index (χ2n) is 7.90. The van der Waals surface area contributed by atoms with E-state index in [1.807, 2.05) is 6.26 Å². The molecule has 13 nitrogen and oxygen atoms in total. The molecule has 1 aromatic rings. The number of benzene rings is 1. The molecule has 200 valence electrons. The number of carboxylic acid groups (broad SMARTS) is 2. The van der Waals surface area contributed by atoms with Gasteiger partial charge in [-0.25, -0.2) is 4.79 Å². The molecule has 0 saturated carbocycles. The average molecular weight is 529 g/mol. The third-order valence-electron chi connectivity index (χ3n) is 5.06. The number of aliphatic hydroxyl groups excluding tert-OH is 1. The number of rotatable bonds is 16. The van der Waals surface area contributed by atoms with E-state index in [2.05, 4.69) is 16.0 Å². The number of amides is 3. The summed E-state index contributed by atoms with van der Waals surface area (Å²) in [6, 6.07) is 0.358. The van der Waals surface area contributed by atoms with Crippen molar-refractivity contribution in [3.63, 3.8) is 0 Å². The number of hydrogen-bond donors (Lipinski definition) is 8. The van der Waals surface area contributed by atoms with Gasteiger partial charge in [0.1, 0.15) is 23.9 Å². The van der Waals surface area contributed by atoms with Gasteiger partial charge in [-0.05, 0) is 42.5 Å². The van der Waals surface area contributed by atoms with Gasteiger partial charge in [-0.2, -0.15) is 11.8 Å². The molecule has 1 rings (SSSR count). The molecule has 0 bridgehead atoms. The monoisotopic (exact) mass is 528 g/mol. The summed E-state index contributed by atoms with van der Waals surface area (Å²) >= 11 is 1.47. The van der Waals surface area contributed by atoms with Crippen LogP contribution in [0.25, 0.3) is 0 Å². The summed E-state index contributed by atoms with van der Waals surface area (Å²) in [7, 11) is 0. The van der Waals surface area contributed by atoms with E-state index >= 15 is 0 Å². The van der Waals surface area contributed by atoms with Crippen molar-refractivity contribution < 1.29 is 44.4 Å². The van der Waals surface area contributed by atoms with E-state index in [4.69, 9.17) is 10.8 Å². The second-order valence-corrected chi connectivity index (χ2v) is 8.88. The fraction of sp³-hybridized carbons (Fsp3) is 0.500. The highest BCUT2D eigenvalue weighted by atomic mass is 32.2. The molecular formula is C22H32N4O9S. The highest BCUT2D eigenvalue weighted by Crippen LogP contribution is 2.12. The van der Waals surface area contributed by atoms with Crippen molar-refractivity contribution in [1.29, 1.82) is 0 Å². The number of carbonyl (C=O) groups excluding carboxylic acids is 3. The minimum absolute atomic E-state index is 0.0261. The van der Waals surface area contributed by atoms with E-state index in [0.29, 0.717) is 17.7 Å². The van der Waals surface area contributed by atoms with Crippen LogP contribution in [0.15, 0.2) is 24.3 Å². The number of carbonyl (C=O) groups is 5. The predicted molar refractivity (Wildman–Crippen MR) is 130 cm³/mol. The van der Waals surface area contributed by atoms with E-state index in [1.165, 1.54) is 36.0 Å². The third kappa shape index (κ3) is 10.9. The van der Waals surface area contributed by atoms with E-state index in [0.717, 1.165) is 0 Å². The lowest BCUT2D eigenvalue weighted by Gasteiger charge is -2.24. The second kappa shape index (κ2) is 15.6. The molecule has 3 amide bonds. The number of phenols is 1. The topological polar surface area (TPSA) is 228 Å². The van der Waals surface area contributed by atoms with Gasteiger partial charge in [0.15, 0.2) is 0 Å². The highest BCUT2D eigenvalue weighted by molar-refractivity contribution is 7.98. The lowest BCUT2D eigenvalue weighted by atomic mass is 10.0. The summed E-state index contributed by atoms with van der Waals surface area (Å²) in [6.45, 7) is -0.821. The van der Waals surface area contributed by atoms with Crippen LogP contribution in [0.4, 0.5) is 0 Å². The lowest BCUT2D eigenvalue weighted by Crippen LogP contribution is -2.58. The minimum Gasteiger partial charge on any atom is -0.508 e. The number of aromatic hydroxyl groups is 1. The molecule has 0 aliphatic carbocycles. The Morgan fingerprint density at radius 2 is 1.44 bits per heavy atom. The van der Waals surface area contributed by atoms with Crippen LogP contribution in [-0.2, 0) is 30.4 Å². The Kier molecular flexibility index (Phi) is 13.3. The molecule has 9 N–H and O–H groups in total. The van der Waals surface area contributed by atoms with E-state index in [-0.39, 0.29) is 18.6 Å². The van der Waals surface area contributed by atoms with Crippen LogP contribution in [0.3, 0.4) is 0 Å². The fourth-order valence-electron chi connectivity index (χ4n) is 3.00. The van der Waals surface area contributed by atoms with Crippen LogP contribution in [0.1, 0.15) is 24.8 Å². The maximum absolute atomic E-state index is 12.8. The Hall–Kier alpha value is -3.36. The Morgan fingerprint density at radius 3 is 1.97 bits per heavy atom. The summed E-state index contributed by atoms with van der Waals surface area (Å²) in [6.07, 6.45) is 1.11. The van der Waals surface area contributed by atoms with Crippen LogP contribution in [0.5, 0.6) is 5.75 Å². The number of nitrogens with one attached hydrogen (secondary N) is 3. The zero-order valence-corrected chi connectivity index (χ0v) is 20.5. The number of aliphatic hydroxyl groups is 1. The lowest BCUT2D eigenvalue weighted by molar-refractivity contribution is -0.143. The minimum atomic E-state index is -1.47. The first kappa shape index (κ1) is 30.7. The normalized spacial score (nSPS) is 14.1. The van der Waals surface area contributed by atoms with Crippen molar-refractivity contribution in [2.75, 3.05) is 18.6 Å². The first-order chi connectivity index (χ1) is 17.0. The molecule has 4 unspecified atom stereocenters. The molecule has 0 aromatic heterocycles. The van der Waals surface area contributed by atoms with Crippen LogP contribution in [0.2, 0.25) is 0 Å². The van der Waals surface area contributed by atoms with Gasteiger partial charge in [0.2, 0.25) is 17.7 Å². The predicted octanol–water partition coefficient (Wildman–Crippen LogP) is -1.59. The molecule has 0 aliphatic rings. The maximum atomic E-state index is 12.8. The van der Waals surface area contributed by atoms with Gasteiger partial charge in [-0.3, -0.25) is 19.2 Å². The summed E-state index contributed by atoms with van der Waals surface area (Å²) in [5.74, 6) is -4.69. The number of nitrogens with two attached hydrogens (primary N) is 1. The van der Waals surface area contributed by atoms with Gasteiger partial charge in [-0.15, -0.1) is 0 Å². The van der Waals surface area contributed by atoms with Gasteiger partial charge >= 0.3 is 11.9 Å². The number of hydrogen-bond acceptors (Lipinski definition) is 9. The van der Waals surface area contributed by atoms with E-state index in [1.54, 1.807) is 0 Å². The van der Waals surface area contributed by atoms with Crippen molar-refractivity contribution in [2.24, 2.45) is 5.73 Å². The van der Waals surface area contributed by atoms with Crippen LogP contribution in [-0.4, -0.2) is 92.9 Å². The van der Waals surface area contributed by atoms with Crippen LogP contribution < -0.4 is 21.7 Å². The van der Waals surface area contributed by atoms with Gasteiger partial charge in [0.25, 0.3) is 0 Å². The number of aliphatic carboxylic acids is 2. The third-order valence-corrected chi connectivity index (χ3v) is 5.70. The van der Waals surface area contributed by atoms with Crippen molar-refractivity contribution >= 4 is 41.4 Å². The van der Waals surface area contributed by atoms with Crippen LogP contribution >= 0.6 is 11.8 Å². The van der Waals surface area contributed by atoms with Crippen LogP contribution in [0, 0.1) is 0 Å². The Bertz CT molecular complexity index is 913. The van der Waals surface area contributed by atoms with Crippen molar-refractivity contribution in [3.8, 4) is 5.75 Å². The molecular weight excluding hydrogens is 496 g/mol. The Labute approximate surface area is 211 Å². The molecule has 0 radical (unpaired) electrons. The molecule has 0 aliphatic heterocycles. The Balaban J connectivity index is 2.93. The maximum Gasteiger partial charge on any atom is 0.326 e. The van der Waals surface area contributed by atoms with E-state index < -0.39 is 66.9 Å². The molecule has 14 heteroatoms. The summed E-state index contributed by atoms with van der Waals surface area (Å²) < 4.78 is 0. The fourth-order valence-corrected chi connectivity index (χ4v) is 3.49. The van der Waals surface area contributed by atoms with Gasteiger partial charge in [0, 0.05) is 12.8 Å². The summed E-state index contributed by atoms with van der Waals surface area (Å²) in [4.78, 5) is 60.4. The zero-order chi connectivity index (χ0) is 27.3. The summed E-state index contributed by atoms with van der Waals surface area (Å²) in [5.41, 5.74) is 6.25. The Morgan fingerprint density at radius 1 is 0.889 bits per heavy atom. The number of thioether (sulfide) groups is 1. The molecule has 0 fully saturated rings. The molecule has 4 atom stereocenters. The van der Waals surface area contributed by atoms with Crippen molar-refractivity contribution in [1.82, 2.24) is 16.0 Å². The zero-order valence-electron chi connectivity index (χ0n) is 19.7. The molecule has 1 aromatic carbocycles. The van der Waals surface area contributed by atoms with Gasteiger partial charge in [-0.1, -0.05) is 12.1 Å². The number of phenolic OH excluding ortho intramolecular Hbond substituents is 1. The summed E-state index contributed by atoms with van der Waals surface area (Å²) in [5, 5.41) is 44.3. The largest absolute Gasteiger partial charge is 0.508 e. The van der Waals surface area contributed by atoms with Crippen molar-refractivity contribution in [3.05, 3.63) is 29.8 Å². The standard InChI is InChI=1S/C22H32N4O9S/c1-36-9-8-14(23)19(31)26-17(11-27)21(33)24-15(6-7-18(29)30)20(32)25-16(22(34)35)10-12-2-4-13(28)5-3-12/h2-5,14-17,27-28H,6-11,23H2,1H3,(H,24,33)(H,25,32)(H,26,31)(H,29,30)(H,34,35). The molecule has 36 heavy (non-hydrogen) atoms. The average Bonchev–Trinajstić information content (AvgIpc) is 2.83. The first-order valence-corrected chi connectivity index (χ1v) is 12.4. The SMILES string of the molecule is CSCCC(N)C(=O)NC(CO)C(=O)NC(CCC(=O)O)C(=O)NC(Cc1ccc(O)cc1)C(=O)O. The number of carboxylic acids is 2. The smallest absolute Gasteiger partial charge is 0.326 e. The van der Waals surface area contributed by atoms with Gasteiger partial charge in [0.05, 0.1) is 12.6 Å². The molecule has 0 heterocycles. The van der Waals surface area contributed by atoms with Crippen molar-refractivity contribution in [2.45, 2.75) is 49.9 Å². The quantitative estimate of drug-likeness (QED) is 0.122. The molecule has 0 saturated heterocycles. The first-order valence-electron chi connectivity index (χ1n) is 11.0. The van der Waals surface area contributed by atoms with E-state index in [9.17, 15) is 39.3 Å². The molecule has 0 spiro atoms. The highest BCUT2D eigenvalue weighted by Gasteiger charge is 2.30.